The summed E-state index contributed by atoms with van der Waals surface area (Å²) in [4.78, 5) is 11.1. The number of carbonyl (C=O) groups is 1. The Labute approximate surface area is 86.7 Å². The van der Waals surface area contributed by atoms with E-state index in [1.807, 2.05) is 20.8 Å². The molecule has 0 saturated heterocycles. The van der Waals surface area contributed by atoms with E-state index >= 15 is 0 Å². The Hall–Kier alpha value is -0.705. The van der Waals surface area contributed by atoms with E-state index in [0.717, 1.165) is 0 Å². The first-order chi connectivity index (χ1) is 6.45. The molecule has 0 aliphatic heterocycles. The summed E-state index contributed by atoms with van der Waals surface area (Å²) in [6.45, 7) is 6.86. The molecule has 14 heavy (non-hydrogen) atoms. The lowest BCUT2D eigenvalue weighted by molar-refractivity contribution is 0.0503. The van der Waals surface area contributed by atoms with E-state index in [1.54, 1.807) is 0 Å². The molecule has 5 heteroatoms. The number of nitrogens with one attached hydrogen (secondary N) is 1. The molecule has 0 unspecified atom stereocenters. The van der Waals surface area contributed by atoms with Crippen molar-refractivity contribution in [3.8, 4) is 0 Å². The number of rotatable bonds is 5. The third-order valence-corrected chi connectivity index (χ3v) is 1.18. The maximum atomic E-state index is 11.1. The van der Waals surface area contributed by atoms with Gasteiger partial charge in [-0.1, -0.05) is 6.32 Å². The molecule has 0 heterocycles. The molecule has 0 aliphatic rings. The Kier molecular flexibility index (Phi) is 6.37. The van der Waals surface area contributed by atoms with E-state index in [-0.39, 0.29) is 0 Å². The van der Waals surface area contributed by atoms with Gasteiger partial charge in [-0.3, -0.25) is 0 Å². The molecule has 0 aromatic heterocycles. The van der Waals surface area contributed by atoms with Gasteiger partial charge in [0.1, 0.15) is 5.60 Å². The van der Waals surface area contributed by atoms with Crippen molar-refractivity contribution in [2.45, 2.75) is 32.7 Å². The standard InChI is InChI=1S/C9H18BNO3/c1-9(2,3)14-8(12)11-5-7-13-6-4-10/h4-7H2,1-3H3,(H,11,12). The maximum Gasteiger partial charge on any atom is 0.407 e. The minimum atomic E-state index is -0.456. The largest absolute Gasteiger partial charge is 0.444 e. The number of ether oxygens (including phenoxy) is 2. The summed E-state index contributed by atoms with van der Waals surface area (Å²) in [5, 5.41) is 2.57. The monoisotopic (exact) mass is 199 g/mol. The molecule has 0 fully saturated rings. The van der Waals surface area contributed by atoms with Gasteiger partial charge in [0.15, 0.2) is 0 Å². The Balaban J connectivity index is 3.36. The molecule has 0 aromatic rings. The van der Waals surface area contributed by atoms with Crippen LogP contribution in [0.4, 0.5) is 4.79 Å². The minimum Gasteiger partial charge on any atom is -0.444 e. The van der Waals surface area contributed by atoms with E-state index in [0.29, 0.717) is 26.1 Å². The lowest BCUT2D eigenvalue weighted by atomic mass is 10.1. The van der Waals surface area contributed by atoms with E-state index in [2.05, 4.69) is 5.32 Å². The molecule has 0 atom stereocenters. The van der Waals surface area contributed by atoms with Gasteiger partial charge in [-0.05, 0) is 20.8 Å². The predicted octanol–water partition coefficient (Wildman–Crippen LogP) is 1.11. The maximum absolute atomic E-state index is 11.1. The quantitative estimate of drug-likeness (QED) is 0.533. The molecular formula is C9H18BNO3. The van der Waals surface area contributed by atoms with Crippen molar-refractivity contribution >= 4 is 13.9 Å². The molecule has 0 saturated carbocycles. The van der Waals surface area contributed by atoms with Crippen molar-refractivity contribution in [1.29, 1.82) is 0 Å². The molecule has 4 nitrogen and oxygen atoms in total. The highest BCUT2D eigenvalue weighted by Crippen LogP contribution is 2.05. The first-order valence-corrected chi connectivity index (χ1v) is 4.70. The Morgan fingerprint density at radius 3 is 2.50 bits per heavy atom. The van der Waals surface area contributed by atoms with Gasteiger partial charge in [0.25, 0.3) is 0 Å². The van der Waals surface area contributed by atoms with Gasteiger partial charge in [-0.2, -0.15) is 0 Å². The van der Waals surface area contributed by atoms with Crippen molar-refractivity contribution in [2.75, 3.05) is 19.8 Å². The van der Waals surface area contributed by atoms with Crippen LogP contribution in [-0.2, 0) is 9.47 Å². The van der Waals surface area contributed by atoms with Crippen LogP contribution in [0.25, 0.3) is 0 Å². The Morgan fingerprint density at radius 2 is 2.00 bits per heavy atom. The molecule has 0 aliphatic carbocycles. The van der Waals surface area contributed by atoms with Crippen LogP contribution in [0.2, 0.25) is 6.32 Å². The lowest BCUT2D eigenvalue weighted by Crippen LogP contribution is -2.34. The summed E-state index contributed by atoms with van der Waals surface area (Å²) in [5.74, 6) is 0. The zero-order valence-corrected chi connectivity index (χ0v) is 9.13. The fourth-order valence-corrected chi connectivity index (χ4v) is 0.725. The summed E-state index contributed by atoms with van der Waals surface area (Å²) in [6, 6.07) is 0. The van der Waals surface area contributed by atoms with Crippen LogP contribution in [0.15, 0.2) is 0 Å². The fourth-order valence-electron chi connectivity index (χ4n) is 0.725. The van der Waals surface area contributed by atoms with E-state index in [9.17, 15) is 4.79 Å². The van der Waals surface area contributed by atoms with E-state index in [4.69, 9.17) is 17.3 Å². The average Bonchev–Trinajstić information content (AvgIpc) is 2.00. The normalized spacial score (nSPS) is 11.1. The molecule has 2 radical (unpaired) electrons. The summed E-state index contributed by atoms with van der Waals surface area (Å²) >= 11 is 0. The first kappa shape index (κ1) is 13.3. The smallest absolute Gasteiger partial charge is 0.407 e. The lowest BCUT2D eigenvalue weighted by Gasteiger charge is -2.19. The third kappa shape index (κ3) is 9.38. The zero-order chi connectivity index (χ0) is 11.0. The van der Waals surface area contributed by atoms with Crippen molar-refractivity contribution in [3.63, 3.8) is 0 Å². The van der Waals surface area contributed by atoms with Crippen molar-refractivity contribution in [2.24, 2.45) is 0 Å². The third-order valence-electron chi connectivity index (χ3n) is 1.18. The van der Waals surface area contributed by atoms with Crippen LogP contribution in [0.3, 0.4) is 0 Å². The summed E-state index contributed by atoms with van der Waals surface area (Å²) in [5.41, 5.74) is -0.456. The van der Waals surface area contributed by atoms with Crippen LogP contribution in [-0.4, -0.2) is 39.3 Å². The first-order valence-electron chi connectivity index (χ1n) is 4.70. The zero-order valence-electron chi connectivity index (χ0n) is 9.13. The SMILES string of the molecule is [B]CCOCCNC(=O)OC(C)(C)C. The molecule has 0 bridgehead atoms. The molecule has 0 aromatic carbocycles. The topological polar surface area (TPSA) is 47.6 Å². The van der Waals surface area contributed by atoms with Gasteiger partial charge in [0.2, 0.25) is 0 Å². The van der Waals surface area contributed by atoms with Crippen molar-refractivity contribution in [1.82, 2.24) is 5.32 Å². The van der Waals surface area contributed by atoms with Gasteiger partial charge < -0.3 is 14.8 Å². The number of hydrogen-bond donors (Lipinski definition) is 1. The summed E-state index contributed by atoms with van der Waals surface area (Å²) in [6.07, 6.45) is 0.0701. The van der Waals surface area contributed by atoms with Crippen LogP contribution in [0.1, 0.15) is 20.8 Å². The van der Waals surface area contributed by atoms with Crippen LogP contribution >= 0.6 is 0 Å². The van der Waals surface area contributed by atoms with Gasteiger partial charge in [-0.15, -0.1) is 0 Å². The number of amides is 1. The second kappa shape index (κ2) is 6.70. The van der Waals surface area contributed by atoms with Crippen LogP contribution in [0, 0.1) is 0 Å². The second-order valence-electron chi connectivity index (χ2n) is 3.83. The molecule has 80 valence electrons. The van der Waals surface area contributed by atoms with E-state index < -0.39 is 11.7 Å². The Morgan fingerprint density at radius 1 is 1.36 bits per heavy atom. The minimum absolute atomic E-state index is 0.422. The predicted molar refractivity (Wildman–Crippen MR) is 55.6 cm³/mol. The average molecular weight is 199 g/mol. The second-order valence-corrected chi connectivity index (χ2v) is 3.83. The van der Waals surface area contributed by atoms with E-state index in [1.165, 1.54) is 0 Å². The van der Waals surface area contributed by atoms with Gasteiger partial charge in [0, 0.05) is 13.2 Å². The fraction of sp³-hybridized carbons (Fsp3) is 0.889. The molecule has 0 rings (SSSR count). The number of carbonyl (C=O) groups excluding carboxylic acids is 1. The van der Waals surface area contributed by atoms with Crippen molar-refractivity contribution in [3.05, 3.63) is 0 Å². The molecule has 1 N–H and O–H groups in total. The van der Waals surface area contributed by atoms with Gasteiger partial charge in [-0.25, -0.2) is 4.79 Å². The van der Waals surface area contributed by atoms with Gasteiger partial charge >= 0.3 is 6.09 Å². The molecule has 1 amide bonds. The summed E-state index contributed by atoms with van der Waals surface area (Å²) in [7, 11) is 5.22. The van der Waals surface area contributed by atoms with Crippen LogP contribution in [0.5, 0.6) is 0 Å². The highest BCUT2D eigenvalue weighted by molar-refractivity contribution is 6.08. The molecule has 0 spiro atoms. The highest BCUT2D eigenvalue weighted by Gasteiger charge is 2.15. The van der Waals surface area contributed by atoms with Crippen LogP contribution < -0.4 is 5.32 Å². The Bertz CT molecular complexity index is 168. The summed E-state index contributed by atoms with van der Waals surface area (Å²) < 4.78 is 10.1. The highest BCUT2D eigenvalue weighted by atomic mass is 16.6. The number of hydrogen-bond acceptors (Lipinski definition) is 3. The van der Waals surface area contributed by atoms with Gasteiger partial charge in [0.05, 0.1) is 14.5 Å². The molecular weight excluding hydrogens is 181 g/mol. The van der Waals surface area contributed by atoms with Crippen molar-refractivity contribution < 1.29 is 14.3 Å². The number of alkyl carbamates (subject to hydrolysis) is 1.